The molecule has 0 unspecified atom stereocenters. The van der Waals surface area contributed by atoms with Crippen molar-refractivity contribution in [3.8, 4) is 5.75 Å². The van der Waals surface area contributed by atoms with Crippen LogP contribution in [0.15, 0.2) is 39.5 Å². The summed E-state index contributed by atoms with van der Waals surface area (Å²) in [6.07, 6.45) is 3.40. The number of para-hydroxylation sites is 1. The lowest BCUT2D eigenvalue weighted by Crippen LogP contribution is -2.09. The van der Waals surface area contributed by atoms with E-state index >= 15 is 0 Å². The SMILES string of the molecule is Nc1cnn(CCOc2c(Br)cccc2Br)c1. The fourth-order valence-electron chi connectivity index (χ4n) is 1.36. The van der Waals surface area contributed by atoms with Crippen molar-refractivity contribution in [2.45, 2.75) is 6.54 Å². The zero-order chi connectivity index (χ0) is 12.3. The Labute approximate surface area is 116 Å². The minimum atomic E-state index is 0.530. The quantitative estimate of drug-likeness (QED) is 0.911. The van der Waals surface area contributed by atoms with Gasteiger partial charge < -0.3 is 10.5 Å². The number of halogens is 2. The first kappa shape index (κ1) is 12.4. The molecule has 0 fully saturated rings. The fourth-order valence-corrected chi connectivity index (χ4v) is 2.59. The van der Waals surface area contributed by atoms with E-state index in [9.17, 15) is 0 Å². The summed E-state index contributed by atoms with van der Waals surface area (Å²) in [4.78, 5) is 0. The lowest BCUT2D eigenvalue weighted by molar-refractivity contribution is 0.288. The minimum Gasteiger partial charge on any atom is -0.489 e. The van der Waals surface area contributed by atoms with Crippen LogP contribution < -0.4 is 10.5 Å². The number of ether oxygens (including phenoxy) is 1. The van der Waals surface area contributed by atoms with Crippen LogP contribution in [-0.4, -0.2) is 16.4 Å². The second-order valence-corrected chi connectivity index (χ2v) is 5.14. The van der Waals surface area contributed by atoms with Crippen molar-refractivity contribution >= 4 is 37.5 Å². The predicted molar refractivity (Wildman–Crippen MR) is 74.0 cm³/mol. The van der Waals surface area contributed by atoms with Gasteiger partial charge in [-0.1, -0.05) is 6.07 Å². The predicted octanol–water partition coefficient (Wildman–Crippen LogP) is 3.07. The molecule has 2 rings (SSSR count). The van der Waals surface area contributed by atoms with Gasteiger partial charge in [0.2, 0.25) is 0 Å². The summed E-state index contributed by atoms with van der Waals surface area (Å²) < 4.78 is 9.28. The van der Waals surface area contributed by atoms with Crippen LogP contribution in [0.5, 0.6) is 5.75 Å². The van der Waals surface area contributed by atoms with Crippen molar-refractivity contribution in [1.82, 2.24) is 9.78 Å². The van der Waals surface area contributed by atoms with Gasteiger partial charge in [0.05, 0.1) is 27.4 Å². The van der Waals surface area contributed by atoms with E-state index in [1.54, 1.807) is 17.1 Å². The molecule has 90 valence electrons. The van der Waals surface area contributed by atoms with Gasteiger partial charge in [-0.15, -0.1) is 0 Å². The van der Waals surface area contributed by atoms with Crippen LogP contribution in [0, 0.1) is 0 Å². The smallest absolute Gasteiger partial charge is 0.147 e. The van der Waals surface area contributed by atoms with Crippen molar-refractivity contribution < 1.29 is 4.74 Å². The summed E-state index contributed by atoms with van der Waals surface area (Å²) in [7, 11) is 0. The van der Waals surface area contributed by atoms with Crippen molar-refractivity contribution in [3.05, 3.63) is 39.5 Å². The molecule has 17 heavy (non-hydrogen) atoms. The van der Waals surface area contributed by atoms with Crippen LogP contribution in [0.4, 0.5) is 5.69 Å². The summed E-state index contributed by atoms with van der Waals surface area (Å²) in [5.41, 5.74) is 6.23. The lowest BCUT2D eigenvalue weighted by atomic mass is 10.3. The van der Waals surface area contributed by atoms with Crippen LogP contribution in [0.25, 0.3) is 0 Å². The first-order valence-corrected chi connectivity index (χ1v) is 6.60. The van der Waals surface area contributed by atoms with E-state index in [4.69, 9.17) is 10.5 Å². The van der Waals surface area contributed by atoms with E-state index in [-0.39, 0.29) is 0 Å². The van der Waals surface area contributed by atoms with Crippen LogP contribution in [0.1, 0.15) is 0 Å². The van der Waals surface area contributed by atoms with Gasteiger partial charge in [0, 0.05) is 6.20 Å². The van der Waals surface area contributed by atoms with E-state index in [0.29, 0.717) is 18.8 Å². The molecule has 4 nitrogen and oxygen atoms in total. The Hall–Kier alpha value is -1.01. The number of aromatic nitrogens is 2. The maximum Gasteiger partial charge on any atom is 0.147 e. The summed E-state index contributed by atoms with van der Waals surface area (Å²) in [6, 6.07) is 5.81. The highest BCUT2D eigenvalue weighted by Crippen LogP contribution is 2.32. The number of hydrogen-bond acceptors (Lipinski definition) is 3. The Morgan fingerprint density at radius 3 is 2.59 bits per heavy atom. The molecular formula is C11H11Br2N3O. The molecule has 0 aliphatic carbocycles. The Morgan fingerprint density at radius 1 is 1.29 bits per heavy atom. The number of nitrogens with two attached hydrogens (primary N) is 1. The first-order valence-electron chi connectivity index (χ1n) is 5.01. The topological polar surface area (TPSA) is 53.1 Å². The highest BCUT2D eigenvalue weighted by atomic mass is 79.9. The molecule has 0 radical (unpaired) electrons. The van der Waals surface area contributed by atoms with Crippen molar-refractivity contribution in [2.75, 3.05) is 12.3 Å². The fraction of sp³-hybridized carbons (Fsp3) is 0.182. The molecule has 6 heteroatoms. The second-order valence-electron chi connectivity index (χ2n) is 3.44. The average molecular weight is 361 g/mol. The van der Waals surface area contributed by atoms with Gasteiger partial charge in [-0.05, 0) is 44.0 Å². The van der Waals surface area contributed by atoms with Gasteiger partial charge in [-0.25, -0.2) is 0 Å². The maximum atomic E-state index is 5.69. The first-order chi connectivity index (χ1) is 8.16. The van der Waals surface area contributed by atoms with E-state index in [0.717, 1.165) is 14.7 Å². The molecule has 0 aliphatic heterocycles. The van der Waals surface area contributed by atoms with Gasteiger partial charge in [0.15, 0.2) is 0 Å². The van der Waals surface area contributed by atoms with Crippen molar-refractivity contribution in [2.24, 2.45) is 0 Å². The standard InChI is InChI=1S/C11H11Br2N3O/c12-9-2-1-3-10(13)11(9)17-5-4-16-7-8(14)6-15-16/h1-3,6-7H,4-5,14H2. The molecule has 1 aromatic heterocycles. The molecule has 2 N–H and O–H groups in total. The maximum absolute atomic E-state index is 5.69. The summed E-state index contributed by atoms with van der Waals surface area (Å²) in [6.45, 7) is 1.19. The molecule has 0 amide bonds. The van der Waals surface area contributed by atoms with Crippen LogP contribution in [-0.2, 0) is 6.54 Å². The normalized spacial score (nSPS) is 10.5. The second kappa shape index (κ2) is 5.55. The zero-order valence-corrected chi connectivity index (χ0v) is 12.1. The summed E-state index contributed by atoms with van der Waals surface area (Å²) >= 11 is 6.88. The van der Waals surface area contributed by atoms with E-state index < -0.39 is 0 Å². The average Bonchev–Trinajstić information content (AvgIpc) is 2.69. The highest BCUT2D eigenvalue weighted by Gasteiger charge is 2.05. The molecule has 0 spiro atoms. The van der Waals surface area contributed by atoms with Crippen molar-refractivity contribution in [3.63, 3.8) is 0 Å². The Morgan fingerprint density at radius 2 is 2.00 bits per heavy atom. The molecule has 0 atom stereocenters. The van der Waals surface area contributed by atoms with Crippen LogP contribution >= 0.6 is 31.9 Å². The molecule has 0 saturated carbocycles. The van der Waals surface area contributed by atoms with Gasteiger partial charge in [0.25, 0.3) is 0 Å². The third kappa shape index (κ3) is 3.23. The molecule has 0 aliphatic rings. The number of benzene rings is 1. The third-order valence-electron chi connectivity index (χ3n) is 2.14. The minimum absolute atomic E-state index is 0.530. The number of nitrogen functional groups attached to an aromatic ring is 1. The molecular weight excluding hydrogens is 350 g/mol. The van der Waals surface area contributed by atoms with E-state index in [1.165, 1.54) is 0 Å². The van der Waals surface area contributed by atoms with Gasteiger partial charge in [-0.2, -0.15) is 5.10 Å². The van der Waals surface area contributed by atoms with Gasteiger partial charge in [-0.3, -0.25) is 4.68 Å². The molecule has 1 heterocycles. The molecule has 2 aromatic rings. The number of rotatable bonds is 4. The lowest BCUT2D eigenvalue weighted by Gasteiger charge is -2.09. The monoisotopic (exact) mass is 359 g/mol. The van der Waals surface area contributed by atoms with Gasteiger partial charge >= 0.3 is 0 Å². The van der Waals surface area contributed by atoms with Crippen LogP contribution in [0.2, 0.25) is 0 Å². The van der Waals surface area contributed by atoms with Crippen LogP contribution in [0.3, 0.4) is 0 Å². The largest absolute Gasteiger partial charge is 0.489 e. The Kier molecular flexibility index (Phi) is 4.06. The number of anilines is 1. The number of hydrogen-bond donors (Lipinski definition) is 1. The van der Waals surface area contributed by atoms with Crippen molar-refractivity contribution in [1.29, 1.82) is 0 Å². The zero-order valence-electron chi connectivity index (χ0n) is 8.94. The summed E-state index contributed by atoms with van der Waals surface area (Å²) in [5.74, 6) is 0.799. The molecule has 0 bridgehead atoms. The summed E-state index contributed by atoms with van der Waals surface area (Å²) in [5, 5.41) is 4.08. The molecule has 1 aromatic carbocycles. The van der Waals surface area contributed by atoms with E-state index in [1.807, 2.05) is 18.2 Å². The Balaban J connectivity index is 1.94. The molecule has 0 saturated heterocycles. The van der Waals surface area contributed by atoms with Gasteiger partial charge in [0.1, 0.15) is 12.4 Å². The number of nitrogens with zero attached hydrogens (tertiary/aromatic N) is 2. The van der Waals surface area contributed by atoms with E-state index in [2.05, 4.69) is 37.0 Å². The highest BCUT2D eigenvalue weighted by molar-refractivity contribution is 9.11. The Bertz CT molecular complexity index is 493. The third-order valence-corrected chi connectivity index (χ3v) is 3.39.